The van der Waals surface area contributed by atoms with E-state index in [2.05, 4.69) is 0 Å². The van der Waals surface area contributed by atoms with E-state index in [1.165, 1.54) is 0 Å². The lowest BCUT2D eigenvalue weighted by Crippen LogP contribution is -2.48. The number of alkyl halides is 3. The number of hydrogen-bond acceptors (Lipinski definition) is 4. The number of nitro groups is 1. The number of hydrogen-bond donors (Lipinski definition) is 0. The number of carbonyl (C=O) groups is 1. The fourth-order valence-corrected chi connectivity index (χ4v) is 2.68. The summed E-state index contributed by atoms with van der Waals surface area (Å²) in [6.07, 6.45) is -3.45. The summed E-state index contributed by atoms with van der Waals surface area (Å²) in [6.45, 7) is 3.40. The highest BCUT2D eigenvalue weighted by molar-refractivity contribution is 5.76. The maximum absolute atomic E-state index is 12.7. The lowest BCUT2D eigenvalue weighted by molar-refractivity contribution is -0.384. The third kappa shape index (κ3) is 3.95. The Morgan fingerprint density at radius 3 is 2.38 bits per heavy atom. The van der Waals surface area contributed by atoms with Gasteiger partial charge in [0.25, 0.3) is 5.69 Å². The van der Waals surface area contributed by atoms with Gasteiger partial charge in [-0.2, -0.15) is 13.2 Å². The van der Waals surface area contributed by atoms with Gasteiger partial charge in [-0.15, -0.1) is 0 Å². The molecule has 1 amide bonds. The molecule has 0 saturated carbocycles. The fraction of sp³-hybridized carbons (Fsp3) is 0.533. The van der Waals surface area contributed by atoms with Crippen LogP contribution in [-0.2, 0) is 11.0 Å². The summed E-state index contributed by atoms with van der Waals surface area (Å²) in [5.74, 6) is 0.0269. The molecule has 0 bridgehead atoms. The largest absolute Gasteiger partial charge is 0.416 e. The number of benzene rings is 1. The Kier molecular flexibility index (Phi) is 5.30. The Labute approximate surface area is 137 Å². The Bertz CT molecular complexity index is 626. The Morgan fingerprint density at radius 1 is 1.25 bits per heavy atom. The molecule has 1 aromatic carbocycles. The van der Waals surface area contributed by atoms with Crippen LogP contribution in [0.25, 0.3) is 0 Å². The first-order valence-electron chi connectivity index (χ1n) is 7.62. The lowest BCUT2D eigenvalue weighted by Gasteiger charge is -2.36. The molecule has 9 heteroatoms. The molecule has 2 rings (SSSR count). The van der Waals surface area contributed by atoms with Gasteiger partial charge < -0.3 is 9.80 Å². The van der Waals surface area contributed by atoms with E-state index in [9.17, 15) is 28.1 Å². The molecule has 1 heterocycles. The van der Waals surface area contributed by atoms with Crippen molar-refractivity contribution in [1.29, 1.82) is 0 Å². The molecule has 1 saturated heterocycles. The van der Waals surface area contributed by atoms with Crippen LogP contribution in [-0.4, -0.2) is 41.9 Å². The second-order valence-corrected chi connectivity index (χ2v) is 5.58. The molecule has 6 nitrogen and oxygen atoms in total. The van der Waals surface area contributed by atoms with Crippen LogP contribution in [0.15, 0.2) is 18.2 Å². The zero-order valence-corrected chi connectivity index (χ0v) is 13.2. The van der Waals surface area contributed by atoms with Gasteiger partial charge in [0.05, 0.1) is 10.5 Å². The van der Waals surface area contributed by atoms with E-state index in [1.807, 2.05) is 6.92 Å². The maximum atomic E-state index is 12.7. The summed E-state index contributed by atoms with van der Waals surface area (Å²) in [4.78, 5) is 25.5. The van der Waals surface area contributed by atoms with Crippen LogP contribution in [0.1, 0.15) is 25.3 Å². The number of anilines is 1. The molecule has 1 aromatic rings. The molecule has 0 unspecified atom stereocenters. The van der Waals surface area contributed by atoms with Crippen molar-refractivity contribution in [3.05, 3.63) is 33.9 Å². The van der Waals surface area contributed by atoms with Gasteiger partial charge in [0.15, 0.2) is 0 Å². The van der Waals surface area contributed by atoms with Crippen LogP contribution < -0.4 is 4.90 Å². The fourth-order valence-electron chi connectivity index (χ4n) is 2.68. The highest BCUT2D eigenvalue weighted by Gasteiger charge is 2.34. The van der Waals surface area contributed by atoms with Gasteiger partial charge in [-0.3, -0.25) is 14.9 Å². The van der Waals surface area contributed by atoms with Crippen LogP contribution in [0.2, 0.25) is 0 Å². The predicted octanol–water partition coefficient (Wildman–Crippen LogP) is 3.06. The van der Waals surface area contributed by atoms with E-state index in [-0.39, 0.29) is 11.6 Å². The molecule has 24 heavy (non-hydrogen) atoms. The van der Waals surface area contributed by atoms with E-state index < -0.39 is 22.4 Å². The maximum Gasteiger partial charge on any atom is 0.416 e. The second-order valence-electron chi connectivity index (χ2n) is 5.58. The minimum absolute atomic E-state index is 0.0269. The molecule has 1 aliphatic heterocycles. The van der Waals surface area contributed by atoms with Crippen LogP contribution in [0.3, 0.4) is 0 Å². The van der Waals surface area contributed by atoms with Crippen molar-refractivity contribution in [2.45, 2.75) is 25.9 Å². The number of rotatable bonds is 4. The topological polar surface area (TPSA) is 66.7 Å². The normalized spacial score (nSPS) is 15.5. The Balaban J connectivity index is 2.18. The van der Waals surface area contributed by atoms with Crippen molar-refractivity contribution >= 4 is 17.3 Å². The summed E-state index contributed by atoms with van der Waals surface area (Å²) < 4.78 is 38.2. The SMILES string of the molecule is CCCC(=O)N1CCN(c2ccc(C(F)(F)F)cc2[N+](=O)[O-])CC1. The molecule has 1 aliphatic rings. The first-order valence-corrected chi connectivity index (χ1v) is 7.62. The van der Waals surface area contributed by atoms with Gasteiger partial charge in [0, 0.05) is 38.7 Å². The van der Waals surface area contributed by atoms with Gasteiger partial charge in [-0.1, -0.05) is 6.92 Å². The molecule has 0 atom stereocenters. The summed E-state index contributed by atoms with van der Waals surface area (Å²) in [7, 11) is 0. The molecule has 0 N–H and O–H groups in total. The van der Waals surface area contributed by atoms with E-state index in [0.717, 1.165) is 18.6 Å². The molecular formula is C15H18F3N3O3. The third-order valence-corrected chi connectivity index (χ3v) is 3.94. The van der Waals surface area contributed by atoms with Crippen molar-refractivity contribution in [2.24, 2.45) is 0 Å². The van der Waals surface area contributed by atoms with Crippen molar-refractivity contribution in [2.75, 3.05) is 31.1 Å². The molecule has 0 aromatic heterocycles. The number of halogens is 3. The number of piperazine rings is 1. The number of amides is 1. The number of nitrogens with zero attached hydrogens (tertiary/aromatic N) is 3. The Hall–Kier alpha value is -2.32. The quantitative estimate of drug-likeness (QED) is 0.621. The zero-order valence-electron chi connectivity index (χ0n) is 13.2. The first kappa shape index (κ1) is 18.0. The van der Waals surface area contributed by atoms with Crippen LogP contribution in [0.5, 0.6) is 0 Å². The average Bonchev–Trinajstić information content (AvgIpc) is 2.53. The number of nitro benzene ring substituents is 1. The zero-order chi connectivity index (χ0) is 17.9. The standard InChI is InChI=1S/C15H18F3N3O3/c1-2-3-14(22)20-8-6-19(7-9-20)12-5-4-11(15(16,17)18)10-13(12)21(23)24/h4-5,10H,2-3,6-9H2,1H3. The first-order chi connectivity index (χ1) is 11.2. The molecule has 1 fully saturated rings. The van der Waals surface area contributed by atoms with Crippen LogP contribution in [0.4, 0.5) is 24.5 Å². The van der Waals surface area contributed by atoms with Gasteiger partial charge >= 0.3 is 6.18 Å². The molecular weight excluding hydrogens is 327 g/mol. The molecule has 0 spiro atoms. The highest BCUT2D eigenvalue weighted by Crippen LogP contribution is 2.36. The lowest BCUT2D eigenvalue weighted by atomic mass is 10.1. The minimum atomic E-state index is -4.63. The second kappa shape index (κ2) is 7.06. The van der Waals surface area contributed by atoms with E-state index >= 15 is 0 Å². The predicted molar refractivity (Wildman–Crippen MR) is 81.8 cm³/mol. The van der Waals surface area contributed by atoms with Gasteiger partial charge in [0.1, 0.15) is 5.69 Å². The molecule has 0 aliphatic carbocycles. The minimum Gasteiger partial charge on any atom is -0.362 e. The highest BCUT2D eigenvalue weighted by atomic mass is 19.4. The smallest absolute Gasteiger partial charge is 0.362 e. The summed E-state index contributed by atoms with van der Waals surface area (Å²) >= 11 is 0. The van der Waals surface area contributed by atoms with Gasteiger partial charge in [-0.05, 0) is 18.6 Å². The summed E-state index contributed by atoms with van der Waals surface area (Å²) in [6, 6.07) is 2.53. The van der Waals surface area contributed by atoms with Gasteiger partial charge in [0.2, 0.25) is 5.91 Å². The average molecular weight is 345 g/mol. The van der Waals surface area contributed by atoms with Crippen molar-refractivity contribution in [1.82, 2.24) is 4.90 Å². The van der Waals surface area contributed by atoms with E-state index in [4.69, 9.17) is 0 Å². The molecule has 0 radical (unpaired) electrons. The van der Waals surface area contributed by atoms with Crippen molar-refractivity contribution in [3.63, 3.8) is 0 Å². The summed E-state index contributed by atoms with van der Waals surface area (Å²) in [5.41, 5.74) is -1.47. The van der Waals surface area contributed by atoms with Crippen LogP contribution in [0, 0.1) is 10.1 Å². The van der Waals surface area contributed by atoms with Crippen LogP contribution >= 0.6 is 0 Å². The van der Waals surface area contributed by atoms with Gasteiger partial charge in [-0.25, -0.2) is 0 Å². The molecule has 132 valence electrons. The van der Waals surface area contributed by atoms with Crippen molar-refractivity contribution in [3.8, 4) is 0 Å². The number of carbonyl (C=O) groups excluding carboxylic acids is 1. The summed E-state index contributed by atoms with van der Waals surface area (Å²) in [5, 5.41) is 11.1. The third-order valence-electron chi connectivity index (χ3n) is 3.94. The Morgan fingerprint density at radius 2 is 1.88 bits per heavy atom. The van der Waals surface area contributed by atoms with E-state index in [0.29, 0.717) is 38.7 Å². The van der Waals surface area contributed by atoms with E-state index in [1.54, 1.807) is 9.80 Å². The monoisotopic (exact) mass is 345 g/mol. The van der Waals surface area contributed by atoms with Crippen molar-refractivity contribution < 1.29 is 22.9 Å².